The molecule has 0 fully saturated rings. The number of aromatic nitrogens is 2. The minimum Gasteiger partial charge on any atom is -0.471 e. The van der Waals surface area contributed by atoms with Crippen LogP contribution in [0.15, 0.2) is 24.4 Å². The summed E-state index contributed by atoms with van der Waals surface area (Å²) in [4.78, 5) is 7.67. The van der Waals surface area contributed by atoms with Crippen LogP contribution in [0.1, 0.15) is 5.56 Å². The predicted octanol–water partition coefficient (Wildman–Crippen LogP) is 2.02. The van der Waals surface area contributed by atoms with Crippen molar-refractivity contribution in [3.8, 4) is 17.4 Å². The highest BCUT2D eigenvalue weighted by atomic mass is 35.5. The molecule has 1 aromatic carbocycles. The summed E-state index contributed by atoms with van der Waals surface area (Å²) in [7, 11) is 0. The molecule has 0 saturated heterocycles. The van der Waals surface area contributed by atoms with Gasteiger partial charge < -0.3 is 19.9 Å². The molecule has 6 nitrogen and oxygen atoms in total. The first-order chi connectivity index (χ1) is 9.22. The average Bonchev–Trinajstić information content (AvgIpc) is 2.87. The van der Waals surface area contributed by atoms with Crippen LogP contribution in [0.2, 0.25) is 5.28 Å². The number of rotatable bonds is 3. The summed E-state index contributed by atoms with van der Waals surface area (Å²) in [6.07, 6.45) is 1.41. The molecule has 0 bridgehead atoms. The van der Waals surface area contributed by atoms with Gasteiger partial charge in [-0.1, -0.05) is 6.07 Å². The van der Waals surface area contributed by atoms with E-state index < -0.39 is 0 Å². The molecule has 19 heavy (non-hydrogen) atoms. The van der Waals surface area contributed by atoms with Gasteiger partial charge in [-0.15, -0.1) is 0 Å². The number of hydrogen-bond donors (Lipinski definition) is 1. The van der Waals surface area contributed by atoms with Crippen molar-refractivity contribution in [3.63, 3.8) is 0 Å². The fraction of sp³-hybridized carbons (Fsp3) is 0.167. The molecular weight excluding hydrogens is 270 g/mol. The van der Waals surface area contributed by atoms with Crippen molar-refractivity contribution in [2.24, 2.45) is 0 Å². The molecular formula is C12H10ClN3O3. The van der Waals surface area contributed by atoms with Crippen molar-refractivity contribution in [1.29, 1.82) is 0 Å². The third-order valence-corrected chi connectivity index (χ3v) is 2.75. The standard InChI is InChI=1S/C12H10ClN3O3/c13-12-15-4-8(14)11(16-12)17-5-7-1-2-9-10(3-7)19-6-18-9/h1-4H,5-6,14H2. The lowest BCUT2D eigenvalue weighted by molar-refractivity contribution is 0.174. The number of ether oxygens (including phenoxy) is 3. The van der Waals surface area contributed by atoms with Crippen molar-refractivity contribution in [1.82, 2.24) is 9.97 Å². The monoisotopic (exact) mass is 279 g/mol. The van der Waals surface area contributed by atoms with Crippen molar-refractivity contribution in [2.45, 2.75) is 6.61 Å². The summed E-state index contributed by atoms with van der Waals surface area (Å²) in [6, 6.07) is 5.56. The van der Waals surface area contributed by atoms with Crippen LogP contribution in [0, 0.1) is 0 Å². The first-order valence-electron chi connectivity index (χ1n) is 5.52. The number of anilines is 1. The molecule has 7 heteroatoms. The van der Waals surface area contributed by atoms with E-state index in [0.717, 1.165) is 11.3 Å². The Morgan fingerprint density at radius 3 is 3.05 bits per heavy atom. The summed E-state index contributed by atoms with van der Waals surface area (Å²) in [6.45, 7) is 0.544. The first-order valence-corrected chi connectivity index (χ1v) is 5.89. The lowest BCUT2D eigenvalue weighted by Gasteiger charge is -2.08. The SMILES string of the molecule is Nc1cnc(Cl)nc1OCc1ccc2c(c1)OCO2. The summed E-state index contributed by atoms with van der Waals surface area (Å²) < 4.78 is 16.0. The topological polar surface area (TPSA) is 79.5 Å². The van der Waals surface area contributed by atoms with Crippen molar-refractivity contribution >= 4 is 17.3 Å². The van der Waals surface area contributed by atoms with Gasteiger partial charge in [0.1, 0.15) is 12.3 Å². The smallest absolute Gasteiger partial charge is 0.241 e. The molecule has 0 aliphatic carbocycles. The zero-order chi connectivity index (χ0) is 13.2. The highest BCUT2D eigenvalue weighted by molar-refractivity contribution is 6.28. The second kappa shape index (κ2) is 4.81. The predicted molar refractivity (Wildman–Crippen MR) is 68.4 cm³/mol. The second-order valence-electron chi connectivity index (χ2n) is 3.88. The van der Waals surface area contributed by atoms with Crippen LogP contribution in [0.5, 0.6) is 17.4 Å². The minimum absolute atomic E-state index is 0.0925. The van der Waals surface area contributed by atoms with Crippen LogP contribution < -0.4 is 19.9 Å². The molecule has 3 rings (SSSR count). The van der Waals surface area contributed by atoms with Gasteiger partial charge in [0.25, 0.3) is 0 Å². The highest BCUT2D eigenvalue weighted by Gasteiger charge is 2.13. The van der Waals surface area contributed by atoms with Crippen LogP contribution in [0.4, 0.5) is 5.69 Å². The number of halogens is 1. The molecule has 0 amide bonds. The van der Waals surface area contributed by atoms with E-state index in [1.807, 2.05) is 18.2 Å². The number of fused-ring (bicyclic) bond motifs is 1. The van der Waals surface area contributed by atoms with E-state index >= 15 is 0 Å². The van der Waals surface area contributed by atoms with Gasteiger partial charge in [0.05, 0.1) is 6.20 Å². The molecule has 2 N–H and O–H groups in total. The Morgan fingerprint density at radius 1 is 1.32 bits per heavy atom. The zero-order valence-corrected chi connectivity index (χ0v) is 10.6. The quantitative estimate of drug-likeness (QED) is 0.866. The molecule has 1 aliphatic heterocycles. The average molecular weight is 280 g/mol. The van der Waals surface area contributed by atoms with Crippen LogP contribution in [-0.4, -0.2) is 16.8 Å². The van der Waals surface area contributed by atoms with E-state index in [1.165, 1.54) is 6.20 Å². The summed E-state index contributed by atoms with van der Waals surface area (Å²) in [5.74, 6) is 1.70. The van der Waals surface area contributed by atoms with Crippen LogP contribution in [-0.2, 0) is 6.61 Å². The van der Waals surface area contributed by atoms with Gasteiger partial charge in [0.15, 0.2) is 11.5 Å². The van der Waals surface area contributed by atoms with Crippen LogP contribution >= 0.6 is 11.6 Å². The lowest BCUT2D eigenvalue weighted by Crippen LogP contribution is -2.02. The van der Waals surface area contributed by atoms with Crippen molar-refractivity contribution in [2.75, 3.05) is 12.5 Å². The van der Waals surface area contributed by atoms with Gasteiger partial charge in [-0.2, -0.15) is 4.98 Å². The van der Waals surface area contributed by atoms with E-state index in [1.54, 1.807) is 0 Å². The fourth-order valence-corrected chi connectivity index (χ4v) is 1.78. The number of nitrogens with zero attached hydrogens (tertiary/aromatic N) is 2. The molecule has 1 aliphatic rings. The first kappa shape index (κ1) is 11.9. The van der Waals surface area contributed by atoms with Gasteiger partial charge in [0.2, 0.25) is 18.0 Å². The maximum absolute atomic E-state index is 5.69. The Hall–Kier alpha value is -2.21. The Labute approximate surface area is 114 Å². The minimum atomic E-state index is 0.0925. The highest BCUT2D eigenvalue weighted by Crippen LogP contribution is 2.32. The summed E-state index contributed by atoms with van der Waals surface area (Å²) >= 11 is 5.68. The van der Waals surface area contributed by atoms with Gasteiger partial charge in [-0.25, -0.2) is 4.98 Å². The number of nitrogens with two attached hydrogens (primary N) is 1. The third kappa shape index (κ3) is 2.48. The Morgan fingerprint density at radius 2 is 2.16 bits per heavy atom. The Balaban J connectivity index is 1.74. The van der Waals surface area contributed by atoms with Gasteiger partial charge in [0, 0.05) is 0 Å². The van der Waals surface area contributed by atoms with Crippen molar-refractivity contribution < 1.29 is 14.2 Å². The van der Waals surface area contributed by atoms with Gasteiger partial charge in [-0.3, -0.25) is 0 Å². The molecule has 0 spiro atoms. The number of nitrogen functional groups attached to an aromatic ring is 1. The van der Waals surface area contributed by atoms with Gasteiger partial charge >= 0.3 is 0 Å². The normalized spacial score (nSPS) is 12.5. The van der Waals surface area contributed by atoms with E-state index in [9.17, 15) is 0 Å². The number of benzene rings is 1. The van der Waals surface area contributed by atoms with Crippen LogP contribution in [0.3, 0.4) is 0 Å². The van der Waals surface area contributed by atoms with Gasteiger partial charge in [-0.05, 0) is 29.3 Å². The van der Waals surface area contributed by atoms with E-state index in [2.05, 4.69) is 9.97 Å². The third-order valence-electron chi connectivity index (χ3n) is 2.56. The van der Waals surface area contributed by atoms with E-state index in [-0.39, 0.29) is 18.0 Å². The summed E-state index contributed by atoms with van der Waals surface area (Å²) in [5, 5.41) is 0.0925. The Kier molecular flexibility index (Phi) is 3.00. The molecule has 98 valence electrons. The zero-order valence-electron chi connectivity index (χ0n) is 9.80. The molecule has 1 aromatic heterocycles. The molecule has 2 heterocycles. The maximum atomic E-state index is 5.69. The Bertz CT molecular complexity index is 621. The van der Waals surface area contributed by atoms with E-state index in [0.29, 0.717) is 18.0 Å². The molecule has 0 unspecified atom stereocenters. The maximum Gasteiger partial charge on any atom is 0.241 e. The summed E-state index contributed by atoms with van der Waals surface area (Å²) in [5.41, 5.74) is 6.94. The molecule has 0 radical (unpaired) electrons. The lowest BCUT2D eigenvalue weighted by atomic mass is 10.2. The van der Waals surface area contributed by atoms with Crippen LogP contribution in [0.25, 0.3) is 0 Å². The second-order valence-corrected chi connectivity index (χ2v) is 4.21. The van der Waals surface area contributed by atoms with Crippen molar-refractivity contribution in [3.05, 3.63) is 35.2 Å². The largest absolute Gasteiger partial charge is 0.471 e. The fourth-order valence-electron chi connectivity index (χ4n) is 1.65. The molecule has 0 saturated carbocycles. The molecule has 0 atom stereocenters. The number of hydrogen-bond acceptors (Lipinski definition) is 6. The molecule has 2 aromatic rings. The van der Waals surface area contributed by atoms with E-state index in [4.69, 9.17) is 31.5 Å².